The third kappa shape index (κ3) is 6.46. The molecule has 0 radical (unpaired) electrons. The summed E-state index contributed by atoms with van der Waals surface area (Å²) >= 11 is 0. The van der Waals surface area contributed by atoms with E-state index >= 15 is 0 Å². The van der Waals surface area contributed by atoms with Gasteiger partial charge >= 0.3 is 0 Å². The summed E-state index contributed by atoms with van der Waals surface area (Å²) in [5.41, 5.74) is 1.13. The van der Waals surface area contributed by atoms with Crippen LogP contribution in [0.5, 0.6) is 11.5 Å². The van der Waals surface area contributed by atoms with Gasteiger partial charge in [-0.3, -0.25) is 4.79 Å². The van der Waals surface area contributed by atoms with Gasteiger partial charge in [-0.15, -0.1) is 0 Å². The summed E-state index contributed by atoms with van der Waals surface area (Å²) in [7, 11) is -2.22. The van der Waals surface area contributed by atoms with Gasteiger partial charge in [-0.25, -0.2) is 13.1 Å². The molecule has 1 heterocycles. The average molecular weight is 477 g/mol. The van der Waals surface area contributed by atoms with Crippen molar-refractivity contribution < 1.29 is 27.4 Å². The monoisotopic (exact) mass is 476 g/mol. The number of carbonyl (C=O) groups excluding carboxylic acids is 1. The predicted octanol–water partition coefficient (Wildman–Crippen LogP) is 3.00. The maximum Gasteiger partial charge on any atom is 0.254 e. The molecule has 3 rings (SSSR count). The Hall–Kier alpha value is -2.62. The van der Waals surface area contributed by atoms with Gasteiger partial charge < -0.3 is 19.1 Å². The van der Waals surface area contributed by atoms with Crippen LogP contribution < -0.4 is 14.2 Å². The Morgan fingerprint density at radius 3 is 2.48 bits per heavy atom. The van der Waals surface area contributed by atoms with Crippen molar-refractivity contribution in [3.05, 3.63) is 53.6 Å². The minimum absolute atomic E-state index is 0.0200. The molecular weight excluding hydrogens is 444 g/mol. The molecule has 0 spiro atoms. The van der Waals surface area contributed by atoms with Gasteiger partial charge in [-0.2, -0.15) is 0 Å². The first-order valence-electron chi connectivity index (χ1n) is 11.1. The Labute approximate surface area is 195 Å². The zero-order valence-corrected chi connectivity index (χ0v) is 20.2. The van der Waals surface area contributed by atoms with Crippen LogP contribution in [0.15, 0.2) is 47.4 Å². The molecule has 0 aliphatic carbocycles. The zero-order chi connectivity index (χ0) is 23.8. The molecule has 1 amide bonds. The van der Waals surface area contributed by atoms with Gasteiger partial charge in [0.1, 0.15) is 6.10 Å². The summed E-state index contributed by atoms with van der Waals surface area (Å²) in [5, 5.41) is 0. The van der Waals surface area contributed by atoms with Crippen molar-refractivity contribution in [2.75, 3.05) is 40.0 Å². The lowest BCUT2D eigenvalue weighted by molar-refractivity contribution is 0.0588. The van der Waals surface area contributed by atoms with Crippen LogP contribution in [0.3, 0.4) is 0 Å². The Morgan fingerprint density at radius 2 is 1.82 bits per heavy atom. The highest BCUT2D eigenvalue weighted by Crippen LogP contribution is 2.30. The molecular formula is C24H32N2O6S. The van der Waals surface area contributed by atoms with Gasteiger partial charge in [0.2, 0.25) is 10.0 Å². The molecule has 0 atom stereocenters. The second-order valence-electron chi connectivity index (χ2n) is 7.86. The largest absolute Gasteiger partial charge is 0.490 e. The predicted molar refractivity (Wildman–Crippen MR) is 125 cm³/mol. The smallest absolute Gasteiger partial charge is 0.254 e. The molecule has 2 aromatic carbocycles. The van der Waals surface area contributed by atoms with Crippen molar-refractivity contribution in [2.45, 2.75) is 37.7 Å². The van der Waals surface area contributed by atoms with Crippen LogP contribution in [0.1, 0.15) is 35.7 Å². The number of sulfonamides is 1. The second kappa shape index (κ2) is 11.5. The van der Waals surface area contributed by atoms with E-state index in [2.05, 4.69) is 4.72 Å². The second-order valence-corrected chi connectivity index (χ2v) is 9.62. The van der Waals surface area contributed by atoms with Gasteiger partial charge in [0, 0.05) is 45.1 Å². The normalized spacial score (nSPS) is 14.8. The molecule has 2 aromatic rings. The fourth-order valence-corrected chi connectivity index (χ4v) is 4.75. The number of likely N-dealkylation sites (tertiary alicyclic amines) is 1. The quantitative estimate of drug-likeness (QED) is 0.530. The summed E-state index contributed by atoms with van der Waals surface area (Å²) < 4.78 is 44.2. The van der Waals surface area contributed by atoms with Crippen LogP contribution >= 0.6 is 0 Å². The number of piperidine rings is 1. The molecule has 0 bridgehead atoms. The molecule has 0 saturated carbocycles. The highest BCUT2D eigenvalue weighted by Gasteiger charge is 2.27. The van der Waals surface area contributed by atoms with Crippen LogP contribution in [-0.2, 0) is 14.8 Å². The van der Waals surface area contributed by atoms with Crippen LogP contribution in [0.4, 0.5) is 0 Å². The number of hydrogen-bond donors (Lipinski definition) is 1. The van der Waals surface area contributed by atoms with E-state index < -0.39 is 10.0 Å². The number of benzene rings is 2. The molecule has 33 heavy (non-hydrogen) atoms. The summed E-state index contributed by atoms with van der Waals surface area (Å²) in [5.74, 6) is 1.25. The fraction of sp³-hybridized carbons (Fsp3) is 0.458. The highest BCUT2D eigenvalue weighted by atomic mass is 32.2. The number of amides is 1. The van der Waals surface area contributed by atoms with E-state index in [1.807, 2.05) is 38.1 Å². The van der Waals surface area contributed by atoms with Gasteiger partial charge in [0.25, 0.3) is 5.91 Å². The third-order valence-corrected chi connectivity index (χ3v) is 6.98. The number of nitrogens with zero attached hydrogens (tertiary/aromatic N) is 1. The minimum Gasteiger partial charge on any atom is -0.490 e. The summed E-state index contributed by atoms with van der Waals surface area (Å²) in [6.07, 6.45) is 1.34. The summed E-state index contributed by atoms with van der Waals surface area (Å²) in [4.78, 5) is 15.0. The minimum atomic E-state index is -3.72. The van der Waals surface area contributed by atoms with E-state index in [9.17, 15) is 13.2 Å². The molecule has 0 aromatic heterocycles. The molecule has 0 unspecified atom stereocenters. The number of methoxy groups -OCH3 is 1. The van der Waals surface area contributed by atoms with E-state index in [0.29, 0.717) is 49.6 Å². The van der Waals surface area contributed by atoms with Crippen molar-refractivity contribution in [3.63, 3.8) is 0 Å². The van der Waals surface area contributed by atoms with E-state index in [-0.39, 0.29) is 30.1 Å². The molecule has 9 heteroatoms. The maximum atomic E-state index is 13.2. The highest BCUT2D eigenvalue weighted by molar-refractivity contribution is 7.89. The van der Waals surface area contributed by atoms with Gasteiger partial charge in [0.05, 0.1) is 18.1 Å². The average Bonchev–Trinajstić information content (AvgIpc) is 2.81. The molecule has 1 aliphatic rings. The Kier molecular flexibility index (Phi) is 8.71. The number of nitrogens with one attached hydrogen (secondary N) is 1. The number of aryl methyl sites for hydroxylation is 1. The standard InChI is InChI=1S/C24H32N2O6S/c1-4-31-22-7-5-6-8-23(22)32-19-11-14-26(15-12-19)24(27)21-17-20(10-9-18(21)2)33(28,29)25-13-16-30-3/h5-10,17,19,25H,4,11-16H2,1-3H3. The van der Waals surface area contributed by atoms with Crippen molar-refractivity contribution in [1.29, 1.82) is 0 Å². The Morgan fingerprint density at radius 1 is 1.12 bits per heavy atom. The van der Waals surface area contributed by atoms with Crippen molar-refractivity contribution in [1.82, 2.24) is 9.62 Å². The van der Waals surface area contributed by atoms with Crippen molar-refractivity contribution in [3.8, 4) is 11.5 Å². The van der Waals surface area contributed by atoms with Gasteiger partial charge in [-0.1, -0.05) is 18.2 Å². The molecule has 1 saturated heterocycles. The van der Waals surface area contributed by atoms with Crippen LogP contribution in [0.25, 0.3) is 0 Å². The molecule has 1 fully saturated rings. The van der Waals surface area contributed by atoms with Gasteiger partial charge in [0.15, 0.2) is 11.5 Å². The number of hydrogen-bond acceptors (Lipinski definition) is 6. The SMILES string of the molecule is CCOc1ccccc1OC1CCN(C(=O)c2cc(S(=O)(=O)NCCOC)ccc2C)CC1. The maximum absolute atomic E-state index is 13.2. The lowest BCUT2D eigenvalue weighted by atomic mass is 10.0. The molecule has 1 N–H and O–H groups in total. The Balaban J connectivity index is 1.65. The lowest BCUT2D eigenvalue weighted by Crippen LogP contribution is -2.42. The van der Waals surface area contributed by atoms with E-state index in [0.717, 1.165) is 5.56 Å². The van der Waals surface area contributed by atoms with Crippen LogP contribution in [0.2, 0.25) is 0 Å². The third-order valence-electron chi connectivity index (χ3n) is 5.52. The first kappa shape index (κ1) is 25.0. The number of rotatable bonds is 10. The van der Waals surface area contributed by atoms with Crippen molar-refractivity contribution in [2.24, 2.45) is 0 Å². The Bertz CT molecular complexity index is 1050. The first-order chi connectivity index (χ1) is 15.9. The number of carbonyl (C=O) groups is 1. The first-order valence-corrected chi connectivity index (χ1v) is 12.6. The van der Waals surface area contributed by atoms with E-state index in [1.165, 1.54) is 19.2 Å². The van der Waals surface area contributed by atoms with Crippen LogP contribution in [0, 0.1) is 6.92 Å². The fourth-order valence-electron chi connectivity index (χ4n) is 3.71. The topological polar surface area (TPSA) is 94.2 Å². The molecule has 8 nitrogen and oxygen atoms in total. The molecule has 180 valence electrons. The van der Waals surface area contributed by atoms with Gasteiger partial charge in [-0.05, 0) is 43.7 Å². The van der Waals surface area contributed by atoms with E-state index in [4.69, 9.17) is 14.2 Å². The zero-order valence-electron chi connectivity index (χ0n) is 19.4. The lowest BCUT2D eigenvalue weighted by Gasteiger charge is -2.33. The molecule has 1 aliphatic heterocycles. The number of ether oxygens (including phenoxy) is 3. The van der Waals surface area contributed by atoms with Crippen LogP contribution in [-0.4, -0.2) is 65.3 Å². The summed E-state index contributed by atoms with van der Waals surface area (Å²) in [6, 6.07) is 12.2. The summed E-state index contributed by atoms with van der Waals surface area (Å²) in [6.45, 7) is 5.79. The van der Waals surface area contributed by atoms with E-state index in [1.54, 1.807) is 11.0 Å². The number of para-hydroxylation sites is 2. The van der Waals surface area contributed by atoms with Crippen molar-refractivity contribution >= 4 is 15.9 Å².